The van der Waals surface area contributed by atoms with E-state index in [1.165, 1.54) is 5.69 Å². The van der Waals surface area contributed by atoms with Crippen molar-refractivity contribution >= 4 is 17.0 Å². The number of nitrogens with zero attached hydrogens (tertiary/aromatic N) is 5. The topological polar surface area (TPSA) is 85.2 Å². The van der Waals surface area contributed by atoms with Crippen molar-refractivity contribution in [2.75, 3.05) is 27.2 Å². The average Bonchev–Trinajstić information content (AvgIpc) is 3.43. The molecule has 0 saturated heterocycles. The van der Waals surface area contributed by atoms with Gasteiger partial charge in [0.25, 0.3) is 0 Å². The van der Waals surface area contributed by atoms with Crippen molar-refractivity contribution in [3.8, 4) is 28.3 Å². The normalized spacial score (nSPS) is 12.8. The highest BCUT2D eigenvalue weighted by Gasteiger charge is 2.26. The Morgan fingerprint density at radius 3 is 2.91 bits per heavy atom. The fourth-order valence-corrected chi connectivity index (χ4v) is 4.61. The summed E-state index contributed by atoms with van der Waals surface area (Å²) in [7, 11) is 4.02. The Morgan fingerprint density at radius 1 is 1.20 bits per heavy atom. The van der Waals surface area contributed by atoms with E-state index in [4.69, 9.17) is 14.8 Å². The molecule has 1 amide bonds. The Morgan fingerprint density at radius 2 is 2.09 bits per heavy atom. The van der Waals surface area contributed by atoms with E-state index in [9.17, 15) is 4.79 Å². The Hall–Kier alpha value is -3.78. The number of aryl methyl sites for hydroxylation is 2. The first-order valence-electron chi connectivity index (χ1n) is 12.0. The lowest BCUT2D eigenvalue weighted by Gasteiger charge is -2.12. The number of hydrogen-bond acceptors (Lipinski definition) is 6. The minimum Gasteiger partial charge on any atom is -0.410 e. The minimum atomic E-state index is -0.454. The number of fused-ring (bicyclic) bond motifs is 2. The Balaban J connectivity index is 1.51. The maximum Gasteiger partial charge on any atom is 0.412 e. The van der Waals surface area contributed by atoms with Crippen LogP contribution >= 0.6 is 0 Å². The van der Waals surface area contributed by atoms with Crippen molar-refractivity contribution in [3.63, 3.8) is 0 Å². The molecule has 0 aliphatic carbocycles. The number of aromatic nitrogens is 4. The van der Waals surface area contributed by atoms with E-state index >= 15 is 0 Å². The molecule has 0 atom stereocenters. The molecule has 35 heavy (non-hydrogen) atoms. The molecule has 8 nitrogen and oxygen atoms in total. The molecule has 0 fully saturated rings. The Labute approximate surface area is 205 Å². The maximum absolute atomic E-state index is 12.3. The van der Waals surface area contributed by atoms with E-state index in [-0.39, 0.29) is 0 Å². The molecule has 180 valence electrons. The predicted molar refractivity (Wildman–Crippen MR) is 136 cm³/mol. The summed E-state index contributed by atoms with van der Waals surface area (Å²) in [4.78, 5) is 23.7. The van der Waals surface area contributed by atoms with Crippen LogP contribution in [0.3, 0.4) is 0 Å². The number of pyridine rings is 2. The lowest BCUT2D eigenvalue weighted by atomic mass is 9.96. The SMILES string of the molecule is Cc1cccc(-c2nn3c(c2-c2ccnc4ccc(OC(=O)NCCCN(C)C)cc24)CCC3)n1. The smallest absolute Gasteiger partial charge is 0.410 e. The number of hydrogen-bond donors (Lipinski definition) is 1. The van der Waals surface area contributed by atoms with Crippen molar-refractivity contribution in [2.24, 2.45) is 0 Å². The third-order valence-electron chi connectivity index (χ3n) is 6.22. The van der Waals surface area contributed by atoms with Gasteiger partial charge in [-0.3, -0.25) is 14.6 Å². The number of ether oxygens (including phenoxy) is 1. The largest absolute Gasteiger partial charge is 0.412 e. The van der Waals surface area contributed by atoms with Crippen LogP contribution in [0, 0.1) is 6.92 Å². The molecule has 1 N–H and O–H groups in total. The molecule has 8 heteroatoms. The van der Waals surface area contributed by atoms with E-state index in [0.29, 0.717) is 12.3 Å². The molecule has 1 aliphatic rings. The number of carbonyl (C=O) groups excluding carboxylic acids is 1. The number of nitrogens with one attached hydrogen (secondary N) is 1. The second-order valence-electron chi connectivity index (χ2n) is 9.17. The van der Waals surface area contributed by atoms with Crippen LogP contribution in [0.2, 0.25) is 0 Å². The highest BCUT2D eigenvalue weighted by molar-refractivity contribution is 5.99. The molecule has 4 aromatic rings. The third-order valence-corrected chi connectivity index (χ3v) is 6.22. The van der Waals surface area contributed by atoms with Crippen LogP contribution in [0.5, 0.6) is 5.75 Å². The quantitative estimate of drug-likeness (QED) is 0.402. The van der Waals surface area contributed by atoms with Gasteiger partial charge in [0, 0.05) is 41.6 Å². The lowest BCUT2D eigenvalue weighted by Crippen LogP contribution is -2.29. The second kappa shape index (κ2) is 9.84. The van der Waals surface area contributed by atoms with Crippen LogP contribution in [0.15, 0.2) is 48.7 Å². The van der Waals surface area contributed by atoms with Gasteiger partial charge in [-0.1, -0.05) is 6.07 Å². The average molecular weight is 471 g/mol. The van der Waals surface area contributed by atoms with Crippen LogP contribution in [0.4, 0.5) is 4.79 Å². The van der Waals surface area contributed by atoms with E-state index in [1.807, 2.05) is 63.6 Å². The van der Waals surface area contributed by atoms with Gasteiger partial charge >= 0.3 is 6.09 Å². The summed E-state index contributed by atoms with van der Waals surface area (Å²) in [5.74, 6) is 0.482. The second-order valence-corrected chi connectivity index (χ2v) is 9.17. The highest BCUT2D eigenvalue weighted by atomic mass is 16.6. The summed E-state index contributed by atoms with van der Waals surface area (Å²) in [5, 5.41) is 8.69. The minimum absolute atomic E-state index is 0.454. The zero-order chi connectivity index (χ0) is 24.4. The summed E-state index contributed by atoms with van der Waals surface area (Å²) < 4.78 is 7.70. The van der Waals surface area contributed by atoms with Crippen LogP contribution in [0.25, 0.3) is 33.4 Å². The van der Waals surface area contributed by atoms with E-state index in [1.54, 1.807) is 6.07 Å². The monoisotopic (exact) mass is 470 g/mol. The van der Waals surface area contributed by atoms with E-state index in [0.717, 1.165) is 71.5 Å². The number of amides is 1. The first kappa shape index (κ1) is 23.0. The van der Waals surface area contributed by atoms with Crippen LogP contribution in [-0.4, -0.2) is 57.9 Å². The highest BCUT2D eigenvalue weighted by Crippen LogP contribution is 2.40. The molecule has 0 saturated carbocycles. The first-order chi connectivity index (χ1) is 17.0. The Bertz CT molecular complexity index is 1380. The van der Waals surface area contributed by atoms with Gasteiger partial charge in [0.2, 0.25) is 0 Å². The van der Waals surface area contributed by atoms with Gasteiger partial charge < -0.3 is 15.0 Å². The molecule has 4 heterocycles. The number of benzene rings is 1. The van der Waals surface area contributed by atoms with Gasteiger partial charge in [-0.25, -0.2) is 4.79 Å². The molecule has 0 bridgehead atoms. The molecule has 3 aromatic heterocycles. The summed E-state index contributed by atoms with van der Waals surface area (Å²) in [5.41, 5.74) is 6.83. The zero-order valence-corrected chi connectivity index (χ0v) is 20.4. The predicted octanol–water partition coefficient (Wildman–Crippen LogP) is 4.46. The zero-order valence-electron chi connectivity index (χ0n) is 20.4. The lowest BCUT2D eigenvalue weighted by molar-refractivity contribution is 0.200. The van der Waals surface area contributed by atoms with Crippen molar-refractivity contribution in [2.45, 2.75) is 32.7 Å². The summed E-state index contributed by atoms with van der Waals surface area (Å²) in [6, 6.07) is 13.6. The molecule has 1 aromatic carbocycles. The fraction of sp³-hybridized carbons (Fsp3) is 0.333. The molecular weight excluding hydrogens is 440 g/mol. The maximum atomic E-state index is 12.3. The number of carbonyl (C=O) groups is 1. The van der Waals surface area contributed by atoms with Gasteiger partial charge in [0.05, 0.1) is 11.2 Å². The fourth-order valence-electron chi connectivity index (χ4n) is 4.61. The Kier molecular flexibility index (Phi) is 6.46. The first-order valence-corrected chi connectivity index (χ1v) is 12.0. The van der Waals surface area contributed by atoms with Crippen molar-refractivity contribution in [1.29, 1.82) is 0 Å². The summed E-state index contributed by atoms with van der Waals surface area (Å²) in [6.07, 6.45) is 4.26. The van der Waals surface area contributed by atoms with Crippen molar-refractivity contribution in [1.82, 2.24) is 30.0 Å². The van der Waals surface area contributed by atoms with Gasteiger partial charge in [-0.15, -0.1) is 0 Å². The molecule has 0 unspecified atom stereocenters. The standard InChI is InChI=1S/C27H30N6O2/c1-18-7-4-8-23(30-18)26-25(24-9-5-16-33(24)31-26)20-12-14-28-22-11-10-19(17-21(20)22)35-27(34)29-13-6-15-32(2)3/h4,7-8,10-12,14,17H,5-6,9,13,15-16H2,1-3H3,(H,29,34). The van der Waals surface area contributed by atoms with Crippen LogP contribution in [0.1, 0.15) is 24.2 Å². The molecule has 0 spiro atoms. The van der Waals surface area contributed by atoms with Gasteiger partial charge in [0.1, 0.15) is 11.4 Å². The van der Waals surface area contributed by atoms with Gasteiger partial charge in [0.15, 0.2) is 0 Å². The van der Waals surface area contributed by atoms with Crippen molar-refractivity contribution < 1.29 is 9.53 Å². The van der Waals surface area contributed by atoms with Crippen molar-refractivity contribution in [3.05, 3.63) is 60.0 Å². The van der Waals surface area contributed by atoms with Gasteiger partial charge in [-0.05, 0) is 88.8 Å². The van der Waals surface area contributed by atoms with Gasteiger partial charge in [-0.2, -0.15) is 5.10 Å². The summed E-state index contributed by atoms with van der Waals surface area (Å²) in [6.45, 7) is 4.36. The van der Waals surface area contributed by atoms with Crippen LogP contribution in [-0.2, 0) is 13.0 Å². The molecule has 0 radical (unpaired) electrons. The van der Waals surface area contributed by atoms with Crippen LogP contribution < -0.4 is 10.1 Å². The third kappa shape index (κ3) is 4.88. The van der Waals surface area contributed by atoms with E-state index < -0.39 is 6.09 Å². The molecular formula is C27H30N6O2. The molecule has 5 rings (SSSR count). The number of rotatable bonds is 7. The van der Waals surface area contributed by atoms with E-state index in [2.05, 4.69) is 19.9 Å². The molecule has 1 aliphatic heterocycles. The summed E-state index contributed by atoms with van der Waals surface area (Å²) >= 11 is 0.